The smallest absolute Gasteiger partial charge is 0.225 e. The van der Waals surface area contributed by atoms with Crippen LogP contribution >= 0.6 is 15.9 Å². The number of anilines is 1. The molecule has 1 aliphatic rings. The lowest BCUT2D eigenvalue weighted by atomic mass is 10.00. The molecule has 2 heterocycles. The van der Waals surface area contributed by atoms with Gasteiger partial charge >= 0.3 is 0 Å². The maximum absolute atomic E-state index is 11.5. The van der Waals surface area contributed by atoms with Gasteiger partial charge in [0.2, 0.25) is 5.91 Å². The van der Waals surface area contributed by atoms with E-state index >= 15 is 0 Å². The molecule has 4 heteroatoms. The second-order valence-electron chi connectivity index (χ2n) is 3.91. The van der Waals surface area contributed by atoms with Crippen LogP contribution in [0.5, 0.6) is 0 Å². The number of aryl methyl sites for hydroxylation is 1. The van der Waals surface area contributed by atoms with Crippen LogP contribution in [0.2, 0.25) is 0 Å². The van der Waals surface area contributed by atoms with Gasteiger partial charge in [-0.05, 0) is 47.3 Å². The molecule has 0 aliphatic carbocycles. The van der Waals surface area contributed by atoms with Crippen LogP contribution in [-0.2, 0) is 11.2 Å². The van der Waals surface area contributed by atoms with Crippen LogP contribution in [0, 0.1) is 0 Å². The lowest BCUT2D eigenvalue weighted by Crippen LogP contribution is -2.41. The number of halogens is 1. The van der Waals surface area contributed by atoms with Crippen LogP contribution in [0.15, 0.2) is 16.7 Å². The third-order valence-corrected chi connectivity index (χ3v) is 3.18. The lowest BCUT2D eigenvalue weighted by molar-refractivity contribution is -0.117. The normalized spacial score (nSPS) is 19.9. The van der Waals surface area contributed by atoms with Gasteiger partial charge in [0.1, 0.15) is 5.82 Å². The zero-order valence-corrected chi connectivity index (χ0v) is 10.4. The Morgan fingerprint density at radius 2 is 2.40 bits per heavy atom. The average molecular weight is 269 g/mol. The van der Waals surface area contributed by atoms with Crippen LogP contribution in [0.1, 0.15) is 25.8 Å². The van der Waals surface area contributed by atoms with Crippen molar-refractivity contribution in [2.24, 2.45) is 0 Å². The molecule has 1 aromatic rings. The molecule has 0 aromatic carbocycles. The molecule has 1 amide bonds. The van der Waals surface area contributed by atoms with Crippen molar-refractivity contribution >= 4 is 27.7 Å². The summed E-state index contributed by atoms with van der Waals surface area (Å²) >= 11 is 3.40. The number of hydrogen-bond donors (Lipinski definition) is 0. The summed E-state index contributed by atoms with van der Waals surface area (Å²) in [7, 11) is 0. The molecular weight excluding hydrogens is 256 g/mol. The molecule has 1 atom stereocenters. The van der Waals surface area contributed by atoms with Gasteiger partial charge in [-0.3, -0.25) is 9.69 Å². The number of carbonyl (C=O) groups excluding carboxylic acids is 1. The fraction of sp³-hybridized carbons (Fsp3) is 0.455. The van der Waals surface area contributed by atoms with E-state index in [0.29, 0.717) is 0 Å². The zero-order valence-electron chi connectivity index (χ0n) is 8.83. The molecule has 0 spiro atoms. The Balaban J connectivity index is 2.48. The van der Waals surface area contributed by atoms with E-state index in [2.05, 4.69) is 27.8 Å². The molecule has 80 valence electrons. The van der Waals surface area contributed by atoms with Gasteiger partial charge in [-0.2, -0.15) is 0 Å². The standard InChI is InChI=1S/C11H13BrN2O/c1-7-3-4-9-5-10(12)6-13-11(9)14(7)8(2)15/h5-7H,3-4H2,1-2H3/t7-/m0/s1. The Hall–Kier alpha value is -0.900. The number of nitrogens with zero attached hydrogens (tertiary/aromatic N) is 2. The van der Waals surface area contributed by atoms with E-state index in [1.807, 2.05) is 6.07 Å². The highest BCUT2D eigenvalue weighted by atomic mass is 79.9. The first-order valence-corrected chi connectivity index (χ1v) is 5.83. The summed E-state index contributed by atoms with van der Waals surface area (Å²) in [4.78, 5) is 17.6. The van der Waals surface area contributed by atoms with Crippen molar-refractivity contribution in [2.75, 3.05) is 4.90 Å². The summed E-state index contributed by atoms with van der Waals surface area (Å²) in [6, 6.07) is 2.30. The van der Waals surface area contributed by atoms with E-state index in [1.54, 1.807) is 18.0 Å². The summed E-state index contributed by atoms with van der Waals surface area (Å²) in [6.45, 7) is 3.66. The molecule has 3 nitrogen and oxygen atoms in total. The number of rotatable bonds is 0. The molecule has 15 heavy (non-hydrogen) atoms. The maximum Gasteiger partial charge on any atom is 0.225 e. The van der Waals surface area contributed by atoms with Crippen LogP contribution in [-0.4, -0.2) is 16.9 Å². The molecule has 0 bridgehead atoms. The van der Waals surface area contributed by atoms with E-state index in [9.17, 15) is 4.79 Å². The highest BCUT2D eigenvalue weighted by Crippen LogP contribution is 2.30. The molecule has 1 aromatic heterocycles. The molecular formula is C11H13BrN2O. The highest BCUT2D eigenvalue weighted by Gasteiger charge is 2.27. The van der Waals surface area contributed by atoms with E-state index in [4.69, 9.17) is 0 Å². The Morgan fingerprint density at radius 3 is 3.07 bits per heavy atom. The first kappa shape index (κ1) is 10.6. The van der Waals surface area contributed by atoms with Crippen molar-refractivity contribution in [2.45, 2.75) is 32.7 Å². The van der Waals surface area contributed by atoms with Crippen LogP contribution in [0.4, 0.5) is 5.82 Å². The van der Waals surface area contributed by atoms with Gasteiger partial charge in [0.05, 0.1) is 0 Å². The van der Waals surface area contributed by atoms with Crippen molar-refractivity contribution in [3.8, 4) is 0 Å². The molecule has 0 radical (unpaired) electrons. The van der Waals surface area contributed by atoms with Crippen LogP contribution in [0.3, 0.4) is 0 Å². The molecule has 0 saturated carbocycles. The maximum atomic E-state index is 11.5. The summed E-state index contributed by atoms with van der Waals surface area (Å²) < 4.78 is 0.972. The SMILES string of the molecule is CC(=O)N1c2ncc(Br)cc2CC[C@@H]1C. The Morgan fingerprint density at radius 1 is 1.67 bits per heavy atom. The van der Waals surface area contributed by atoms with Gasteiger partial charge in [0, 0.05) is 23.6 Å². The third-order valence-electron chi connectivity index (χ3n) is 2.75. The van der Waals surface area contributed by atoms with Gasteiger partial charge in [0.15, 0.2) is 0 Å². The minimum absolute atomic E-state index is 0.0678. The van der Waals surface area contributed by atoms with Gasteiger partial charge in [-0.1, -0.05) is 0 Å². The number of pyridine rings is 1. The van der Waals surface area contributed by atoms with Gasteiger partial charge in [-0.25, -0.2) is 4.98 Å². The second kappa shape index (κ2) is 3.93. The number of amides is 1. The van der Waals surface area contributed by atoms with Crippen LogP contribution in [0.25, 0.3) is 0 Å². The van der Waals surface area contributed by atoms with E-state index in [1.165, 1.54) is 0 Å². The Bertz CT molecular complexity index is 406. The molecule has 0 N–H and O–H groups in total. The number of aromatic nitrogens is 1. The molecule has 2 rings (SSSR count). The average Bonchev–Trinajstić information content (AvgIpc) is 2.17. The summed E-state index contributed by atoms with van der Waals surface area (Å²) in [6.07, 6.45) is 3.74. The molecule has 0 fully saturated rings. The van der Waals surface area contributed by atoms with E-state index in [0.717, 1.165) is 28.7 Å². The quantitative estimate of drug-likeness (QED) is 0.725. The fourth-order valence-electron chi connectivity index (χ4n) is 2.04. The first-order valence-electron chi connectivity index (χ1n) is 5.04. The first-order chi connectivity index (χ1) is 7.09. The third kappa shape index (κ3) is 1.91. The van der Waals surface area contributed by atoms with Crippen molar-refractivity contribution < 1.29 is 4.79 Å². The van der Waals surface area contributed by atoms with Crippen molar-refractivity contribution in [3.05, 3.63) is 22.3 Å². The predicted molar refractivity (Wildman–Crippen MR) is 62.9 cm³/mol. The minimum Gasteiger partial charge on any atom is -0.294 e. The largest absolute Gasteiger partial charge is 0.294 e. The van der Waals surface area contributed by atoms with Crippen LogP contribution < -0.4 is 4.90 Å². The van der Waals surface area contributed by atoms with Crippen molar-refractivity contribution in [3.63, 3.8) is 0 Å². The zero-order chi connectivity index (χ0) is 11.0. The molecule has 1 aliphatic heterocycles. The number of hydrogen-bond acceptors (Lipinski definition) is 2. The topological polar surface area (TPSA) is 33.2 Å². The summed E-state index contributed by atoms with van der Waals surface area (Å²) in [5.41, 5.74) is 1.15. The van der Waals surface area contributed by atoms with Gasteiger partial charge in [-0.15, -0.1) is 0 Å². The van der Waals surface area contributed by atoms with Gasteiger partial charge < -0.3 is 0 Å². The second-order valence-corrected chi connectivity index (χ2v) is 4.83. The summed E-state index contributed by atoms with van der Waals surface area (Å²) in [5, 5.41) is 0. The monoisotopic (exact) mass is 268 g/mol. The summed E-state index contributed by atoms with van der Waals surface area (Å²) in [5.74, 6) is 0.891. The molecule has 0 unspecified atom stereocenters. The van der Waals surface area contributed by atoms with E-state index in [-0.39, 0.29) is 11.9 Å². The Labute approximate surface area is 97.6 Å². The van der Waals surface area contributed by atoms with Crippen molar-refractivity contribution in [1.29, 1.82) is 0 Å². The number of fused-ring (bicyclic) bond motifs is 1. The van der Waals surface area contributed by atoms with Crippen molar-refractivity contribution in [1.82, 2.24) is 4.98 Å². The lowest BCUT2D eigenvalue weighted by Gasteiger charge is -2.33. The number of carbonyl (C=O) groups is 1. The van der Waals surface area contributed by atoms with E-state index < -0.39 is 0 Å². The molecule has 0 saturated heterocycles. The highest BCUT2D eigenvalue weighted by molar-refractivity contribution is 9.10. The van der Waals surface area contributed by atoms with Gasteiger partial charge in [0.25, 0.3) is 0 Å². The Kier molecular flexibility index (Phi) is 2.78. The predicted octanol–water partition coefficient (Wildman–Crippen LogP) is 2.53. The minimum atomic E-state index is 0.0678. The fourth-order valence-corrected chi connectivity index (χ4v) is 2.42.